The van der Waals surface area contributed by atoms with Crippen molar-refractivity contribution in [1.29, 1.82) is 0 Å². The highest BCUT2D eigenvalue weighted by Gasteiger charge is 2.57. The Kier molecular flexibility index (Phi) is 21.3. The van der Waals surface area contributed by atoms with Crippen LogP contribution < -0.4 is 0 Å². The maximum absolute atomic E-state index is 14.8. The van der Waals surface area contributed by atoms with Crippen LogP contribution in [0.25, 0.3) is 0 Å². The monoisotopic (exact) mass is 1020 g/mol. The number of ether oxygens (including phenoxy) is 5. The van der Waals surface area contributed by atoms with Crippen molar-refractivity contribution in [3.63, 3.8) is 0 Å². The van der Waals surface area contributed by atoms with Gasteiger partial charge in [-0.15, -0.1) is 0 Å². The Hall–Kier alpha value is -1.51. The van der Waals surface area contributed by atoms with Crippen LogP contribution in [-0.4, -0.2) is 121 Å². The summed E-state index contributed by atoms with van der Waals surface area (Å²) in [5.74, 6) is -1.68. The van der Waals surface area contributed by atoms with Crippen LogP contribution in [0.1, 0.15) is 121 Å². The lowest BCUT2D eigenvalue weighted by molar-refractivity contribution is -0.142. The van der Waals surface area contributed by atoms with Gasteiger partial charge in [-0.2, -0.15) is 0 Å². The van der Waals surface area contributed by atoms with E-state index in [0.29, 0.717) is 13.0 Å². The molecule has 11 nitrogen and oxygen atoms in total. The highest BCUT2D eigenvalue weighted by molar-refractivity contribution is 7.92. The first-order chi connectivity index (χ1) is 31.6. The van der Waals surface area contributed by atoms with Crippen LogP contribution in [0.15, 0.2) is 59.5 Å². The summed E-state index contributed by atoms with van der Waals surface area (Å²) in [6.45, 7) is 41.3. The largest absolute Gasteiger partial charge is 0.468 e. The number of benzene rings is 1. The molecule has 0 aliphatic carbocycles. The van der Waals surface area contributed by atoms with E-state index in [2.05, 4.69) is 109 Å². The van der Waals surface area contributed by atoms with Crippen molar-refractivity contribution in [3.05, 3.63) is 54.6 Å². The third kappa shape index (κ3) is 14.6. The molecular weight excluding hydrogens is 929 g/mol. The molecule has 3 saturated heterocycles. The summed E-state index contributed by atoms with van der Waals surface area (Å²) in [7, 11) is -7.68. The predicted molar refractivity (Wildman–Crippen MR) is 282 cm³/mol. The van der Waals surface area contributed by atoms with Crippen molar-refractivity contribution in [1.82, 2.24) is 0 Å². The summed E-state index contributed by atoms with van der Waals surface area (Å²) in [5, 5.41) is -1.73. The first kappa shape index (κ1) is 59.1. The summed E-state index contributed by atoms with van der Waals surface area (Å²) < 4.78 is 82.5. The minimum Gasteiger partial charge on any atom is -0.468 e. The van der Waals surface area contributed by atoms with Gasteiger partial charge in [-0.3, -0.25) is 4.79 Å². The molecule has 3 aliphatic rings. The van der Waals surface area contributed by atoms with E-state index in [-0.39, 0.29) is 51.7 Å². The zero-order valence-electron chi connectivity index (χ0n) is 45.2. The van der Waals surface area contributed by atoms with Crippen LogP contribution in [0, 0.1) is 11.8 Å². The second kappa shape index (κ2) is 24.5. The van der Waals surface area contributed by atoms with Crippen LogP contribution in [-0.2, 0) is 51.6 Å². The van der Waals surface area contributed by atoms with E-state index in [1.807, 2.05) is 0 Å². The molecule has 68 heavy (non-hydrogen) atoms. The maximum atomic E-state index is 14.8. The van der Waals surface area contributed by atoms with Crippen LogP contribution in [0.3, 0.4) is 0 Å². The van der Waals surface area contributed by atoms with Gasteiger partial charge in [0.25, 0.3) is 0 Å². The molecule has 0 saturated carbocycles. The fraction of sp³-hybridized carbons (Fsp3) is 0.792. The molecule has 0 amide bonds. The fourth-order valence-electron chi connectivity index (χ4n) is 9.89. The molecule has 0 radical (unpaired) electrons. The van der Waals surface area contributed by atoms with Crippen molar-refractivity contribution < 1.29 is 50.2 Å². The third-order valence-electron chi connectivity index (χ3n) is 16.7. The van der Waals surface area contributed by atoms with Crippen LogP contribution >= 0.6 is 0 Å². The molecule has 0 spiro atoms. The number of methoxy groups -OCH3 is 2. The molecule has 0 N–H and O–H groups in total. The third-order valence-corrected chi connectivity index (χ3v) is 32.5. The lowest BCUT2D eigenvalue weighted by Gasteiger charge is -2.42. The van der Waals surface area contributed by atoms with Gasteiger partial charge >= 0.3 is 5.97 Å². The van der Waals surface area contributed by atoms with Gasteiger partial charge in [-0.25, -0.2) is 8.42 Å². The summed E-state index contributed by atoms with van der Waals surface area (Å²) in [6.07, 6.45) is 2.78. The lowest BCUT2D eigenvalue weighted by Crippen LogP contribution is -2.50. The predicted octanol–water partition coefficient (Wildman–Crippen LogP) is 12.2. The average Bonchev–Trinajstić information content (AvgIpc) is 3.80. The van der Waals surface area contributed by atoms with Gasteiger partial charge in [0, 0.05) is 32.5 Å². The Labute approximate surface area is 416 Å². The number of esters is 1. The van der Waals surface area contributed by atoms with E-state index in [0.717, 1.165) is 74.4 Å². The topological polar surface area (TPSA) is 125 Å². The number of carbonyl (C=O) groups is 1. The Balaban J connectivity index is 1.62. The summed E-state index contributed by atoms with van der Waals surface area (Å²) in [5.41, 5.74) is 2.06. The quantitative estimate of drug-likeness (QED) is 0.0402. The van der Waals surface area contributed by atoms with Crippen molar-refractivity contribution in [2.75, 3.05) is 27.4 Å². The zero-order chi connectivity index (χ0) is 51.0. The highest BCUT2D eigenvalue weighted by atomic mass is 32.2. The van der Waals surface area contributed by atoms with E-state index < -0.39 is 76.3 Å². The number of hydrogen-bond acceptors (Lipinski definition) is 11. The van der Waals surface area contributed by atoms with Gasteiger partial charge in [0.2, 0.25) is 0 Å². The maximum Gasteiger partial charge on any atom is 0.324 e. The summed E-state index contributed by atoms with van der Waals surface area (Å²) in [4.78, 5) is 14.1. The van der Waals surface area contributed by atoms with Crippen LogP contribution in [0.4, 0.5) is 0 Å². The molecular formula is C53H94O11SSi3. The Morgan fingerprint density at radius 2 is 1.41 bits per heavy atom. The molecule has 3 heterocycles. The zero-order valence-corrected chi connectivity index (χ0v) is 49.1. The number of carbonyl (C=O) groups excluding carboxylic acids is 1. The Morgan fingerprint density at radius 3 is 1.97 bits per heavy atom. The molecule has 3 aliphatic heterocycles. The minimum absolute atomic E-state index is 0.0251. The molecule has 0 bridgehead atoms. The fourth-order valence-corrected chi connectivity index (χ4v) is 16.9. The number of sulfone groups is 1. The van der Waals surface area contributed by atoms with Gasteiger partial charge in [-0.1, -0.05) is 101 Å². The summed E-state index contributed by atoms with van der Waals surface area (Å²) in [6, 6.07) is 11.6. The van der Waals surface area contributed by atoms with E-state index >= 15 is 0 Å². The Bertz CT molecular complexity index is 1880. The smallest absolute Gasteiger partial charge is 0.324 e. The summed E-state index contributed by atoms with van der Waals surface area (Å²) >= 11 is 0. The van der Waals surface area contributed by atoms with E-state index in [1.165, 1.54) is 19.2 Å². The molecule has 3 fully saturated rings. The normalized spacial score (nSPS) is 27.7. The lowest BCUT2D eigenvalue weighted by atomic mass is 9.82. The van der Waals surface area contributed by atoms with Crippen molar-refractivity contribution in [2.45, 2.75) is 234 Å². The SMILES string of the molecule is C=C1C[C@H](CCCO[Si](CC)(CC)CC)O[C@H]1CC[C@H]1C[C@@H](C)C(=C)[C@@H](C[C@@H]2O[C@H](CC(CO[Si](C)(C)C(C)(C)C)O[Si](C)(C)C(C)(C)C)[C@H](OC)[C@H]2C(C(=O)OC)S(=O)(=O)c2ccccc2)O1. The molecule has 2 unspecified atom stereocenters. The van der Waals surface area contributed by atoms with E-state index in [4.69, 9.17) is 37.0 Å². The molecule has 4 rings (SSSR count). The minimum atomic E-state index is -4.31. The van der Waals surface area contributed by atoms with E-state index in [1.54, 1.807) is 25.3 Å². The van der Waals surface area contributed by atoms with Gasteiger partial charge in [0.15, 0.2) is 40.0 Å². The van der Waals surface area contributed by atoms with Crippen molar-refractivity contribution in [3.8, 4) is 0 Å². The average molecular weight is 1020 g/mol. The molecule has 15 heteroatoms. The van der Waals surface area contributed by atoms with Crippen molar-refractivity contribution in [2.24, 2.45) is 11.8 Å². The highest BCUT2D eigenvalue weighted by Crippen LogP contribution is 2.46. The molecule has 390 valence electrons. The second-order valence-corrected chi connectivity index (χ2v) is 39.6. The van der Waals surface area contributed by atoms with Gasteiger partial charge in [0.1, 0.15) is 0 Å². The molecule has 11 atom stereocenters. The van der Waals surface area contributed by atoms with Crippen molar-refractivity contribution >= 4 is 40.8 Å². The number of hydrogen-bond donors (Lipinski definition) is 0. The molecule has 0 aromatic heterocycles. The van der Waals surface area contributed by atoms with Gasteiger partial charge in [-0.05, 0) is 122 Å². The van der Waals surface area contributed by atoms with E-state index in [9.17, 15) is 13.2 Å². The second-order valence-electron chi connectivity index (χ2n) is 23.2. The van der Waals surface area contributed by atoms with Crippen LogP contribution in [0.5, 0.6) is 0 Å². The van der Waals surface area contributed by atoms with Crippen LogP contribution in [0.2, 0.25) is 54.4 Å². The van der Waals surface area contributed by atoms with Gasteiger partial charge < -0.3 is 37.0 Å². The number of rotatable bonds is 25. The first-order valence-corrected chi connectivity index (χ1v) is 35.7. The first-order valence-electron chi connectivity index (χ1n) is 25.8. The Morgan fingerprint density at radius 1 is 0.809 bits per heavy atom. The van der Waals surface area contributed by atoms with Gasteiger partial charge in [0.05, 0.1) is 67.4 Å². The molecule has 1 aromatic rings. The standard InChI is InChI=1S/C53H94O11SSi3/c1-19-68(20-2,21-3)59-31-25-26-40-33-38(5)44(61-40)30-29-41-32-37(4)39(6)45(62-41)35-46-48(50(51(54)58-14)65(55,56)43-27-23-22-24-28-43)49(57-13)47(63-46)34-42(64-67(17,18)53(10,11)12)36-60-66(15,16)52(7,8)9/h22-24,27-28,37,40-42,44-50H,5-6,19-21,25-26,29-36H2,1-4,7-18H3/t37-,40+,41+,42?,44+,45-,46+,47-,48+,49+,50?/m1/s1. The molecule has 1 aromatic carbocycles.